The van der Waals surface area contributed by atoms with Gasteiger partial charge in [0.05, 0.1) is 21.6 Å². The Morgan fingerprint density at radius 2 is 2.08 bits per heavy atom. The van der Waals surface area contributed by atoms with E-state index in [2.05, 4.69) is 10.2 Å². The number of nitrogens with zero attached hydrogens (tertiary/aromatic N) is 2. The van der Waals surface area contributed by atoms with Gasteiger partial charge in [0.1, 0.15) is 11.5 Å². The van der Waals surface area contributed by atoms with Gasteiger partial charge in [-0.25, -0.2) is 0 Å². The molecule has 8 heteroatoms. The lowest BCUT2D eigenvalue weighted by Crippen LogP contribution is -2.36. The van der Waals surface area contributed by atoms with Gasteiger partial charge in [0.15, 0.2) is 0 Å². The number of furan rings is 1. The van der Waals surface area contributed by atoms with Crippen molar-refractivity contribution < 1.29 is 14.1 Å². The van der Waals surface area contributed by atoms with E-state index >= 15 is 0 Å². The van der Waals surface area contributed by atoms with E-state index in [-0.39, 0.29) is 22.3 Å². The summed E-state index contributed by atoms with van der Waals surface area (Å²) in [5.41, 5.74) is -0.0750. The average Bonchev–Trinajstić information content (AvgIpc) is 3.27. The highest BCUT2D eigenvalue weighted by Gasteiger charge is 2.27. The van der Waals surface area contributed by atoms with Gasteiger partial charge in [0, 0.05) is 18.7 Å². The molecule has 26 heavy (non-hydrogen) atoms. The van der Waals surface area contributed by atoms with Gasteiger partial charge in [-0.2, -0.15) is 0 Å². The molecule has 0 radical (unpaired) electrons. The van der Waals surface area contributed by atoms with Gasteiger partial charge < -0.3 is 9.73 Å². The predicted octanol–water partition coefficient (Wildman–Crippen LogP) is 3.72. The van der Waals surface area contributed by atoms with Gasteiger partial charge >= 0.3 is 0 Å². The fraction of sp³-hybridized carbons (Fsp3) is 0.389. The normalized spacial score (nSPS) is 15.8. The van der Waals surface area contributed by atoms with Crippen molar-refractivity contribution in [2.45, 2.75) is 25.8 Å². The number of non-ortho nitro benzene ring substituents is 1. The van der Waals surface area contributed by atoms with Crippen molar-refractivity contribution in [1.29, 1.82) is 0 Å². The zero-order valence-electron chi connectivity index (χ0n) is 14.4. The van der Waals surface area contributed by atoms with Gasteiger partial charge in [0.2, 0.25) is 0 Å². The highest BCUT2D eigenvalue weighted by Crippen LogP contribution is 2.27. The van der Waals surface area contributed by atoms with Crippen LogP contribution in [-0.2, 0) is 0 Å². The third kappa shape index (κ3) is 4.05. The molecule has 1 atom stereocenters. The van der Waals surface area contributed by atoms with E-state index in [0.717, 1.165) is 37.5 Å². The van der Waals surface area contributed by atoms with Gasteiger partial charge in [-0.3, -0.25) is 19.8 Å². The van der Waals surface area contributed by atoms with Crippen LogP contribution >= 0.6 is 11.6 Å². The molecule has 2 aromatic rings. The minimum atomic E-state index is -0.550. The number of likely N-dealkylation sites (tertiary alicyclic amines) is 1. The molecule has 7 nitrogen and oxygen atoms in total. The maximum Gasteiger partial charge on any atom is 0.270 e. The van der Waals surface area contributed by atoms with Gasteiger partial charge in [-0.05, 0) is 51.1 Å². The number of nitrogens with one attached hydrogen (secondary N) is 1. The molecule has 138 valence electrons. The molecule has 1 N–H and O–H groups in total. The van der Waals surface area contributed by atoms with E-state index < -0.39 is 10.8 Å². The number of nitro benzene ring substituents is 1. The number of carbonyl (C=O) groups is 1. The summed E-state index contributed by atoms with van der Waals surface area (Å²) < 4.78 is 5.76. The summed E-state index contributed by atoms with van der Waals surface area (Å²) in [6.07, 6.45) is 2.22. The zero-order chi connectivity index (χ0) is 18.7. The summed E-state index contributed by atoms with van der Waals surface area (Å²) in [7, 11) is 0. The van der Waals surface area contributed by atoms with Crippen LogP contribution in [0.25, 0.3) is 0 Å². The van der Waals surface area contributed by atoms with Crippen LogP contribution in [0.2, 0.25) is 5.02 Å². The fourth-order valence-corrected chi connectivity index (χ4v) is 3.38. The summed E-state index contributed by atoms with van der Waals surface area (Å²) in [4.78, 5) is 25.2. The van der Waals surface area contributed by atoms with Crippen molar-refractivity contribution in [2.24, 2.45) is 0 Å². The van der Waals surface area contributed by atoms with Crippen molar-refractivity contribution in [3.05, 3.63) is 62.6 Å². The van der Waals surface area contributed by atoms with E-state index in [0.29, 0.717) is 6.54 Å². The summed E-state index contributed by atoms with van der Waals surface area (Å²) in [6, 6.07) is 7.58. The lowest BCUT2D eigenvalue weighted by atomic mass is 10.1. The van der Waals surface area contributed by atoms with Crippen molar-refractivity contribution in [3.8, 4) is 0 Å². The molecule has 1 aromatic carbocycles. The second-order valence-corrected chi connectivity index (χ2v) is 6.75. The quantitative estimate of drug-likeness (QED) is 0.612. The fourth-order valence-electron chi connectivity index (χ4n) is 3.18. The van der Waals surface area contributed by atoms with Crippen LogP contribution in [0.15, 0.2) is 34.7 Å². The Morgan fingerprint density at radius 1 is 1.35 bits per heavy atom. The Bertz CT molecular complexity index is 815. The minimum Gasteiger partial charge on any atom is -0.465 e. The number of amides is 1. The molecule has 0 bridgehead atoms. The Labute approximate surface area is 156 Å². The third-order valence-electron chi connectivity index (χ3n) is 4.53. The van der Waals surface area contributed by atoms with Crippen LogP contribution in [0, 0.1) is 17.0 Å². The minimum absolute atomic E-state index is 0.0763. The van der Waals surface area contributed by atoms with E-state index in [1.165, 1.54) is 18.2 Å². The number of hydrogen-bond acceptors (Lipinski definition) is 5. The highest BCUT2D eigenvalue weighted by atomic mass is 35.5. The molecule has 0 aliphatic carbocycles. The topological polar surface area (TPSA) is 88.6 Å². The zero-order valence-corrected chi connectivity index (χ0v) is 15.2. The monoisotopic (exact) mass is 377 g/mol. The first-order chi connectivity index (χ1) is 12.5. The largest absolute Gasteiger partial charge is 0.465 e. The van der Waals surface area contributed by atoms with E-state index in [1.54, 1.807) is 0 Å². The van der Waals surface area contributed by atoms with Gasteiger partial charge in [-0.1, -0.05) is 11.6 Å². The van der Waals surface area contributed by atoms with Crippen LogP contribution in [-0.4, -0.2) is 35.4 Å². The Morgan fingerprint density at radius 3 is 2.69 bits per heavy atom. The average molecular weight is 378 g/mol. The number of rotatable bonds is 6. The van der Waals surface area contributed by atoms with Crippen LogP contribution in [0.5, 0.6) is 0 Å². The number of aryl methyl sites for hydroxylation is 1. The van der Waals surface area contributed by atoms with E-state index in [4.69, 9.17) is 16.0 Å². The van der Waals surface area contributed by atoms with Gasteiger partial charge in [-0.15, -0.1) is 0 Å². The van der Waals surface area contributed by atoms with Crippen molar-refractivity contribution in [3.63, 3.8) is 0 Å². The second-order valence-electron chi connectivity index (χ2n) is 6.34. The summed E-state index contributed by atoms with van der Waals surface area (Å²) in [6.45, 7) is 4.10. The molecule has 3 rings (SSSR count). The molecular weight excluding hydrogens is 358 g/mol. The van der Waals surface area contributed by atoms with Crippen molar-refractivity contribution >= 4 is 23.2 Å². The Kier molecular flexibility index (Phi) is 5.58. The molecule has 1 saturated heterocycles. The molecule has 1 aromatic heterocycles. The van der Waals surface area contributed by atoms with Crippen molar-refractivity contribution in [1.82, 2.24) is 10.2 Å². The maximum absolute atomic E-state index is 12.5. The standard InChI is InChI=1S/C18H20ClN3O4/c1-12-4-7-17(26-12)16(21-8-2-3-9-21)11-20-18(23)14-10-13(22(24)25)5-6-15(14)19/h4-7,10,16H,2-3,8-9,11H2,1H3,(H,20,23). The number of carbonyl (C=O) groups excluding carboxylic acids is 1. The summed E-state index contributed by atoms with van der Waals surface area (Å²) in [5, 5.41) is 13.9. The third-order valence-corrected chi connectivity index (χ3v) is 4.86. The highest BCUT2D eigenvalue weighted by molar-refractivity contribution is 6.33. The van der Waals surface area contributed by atoms with Crippen LogP contribution in [0.1, 0.15) is 40.8 Å². The molecular formula is C18H20ClN3O4. The Balaban J connectivity index is 1.75. The molecule has 0 saturated carbocycles. The van der Waals surface area contributed by atoms with Crippen LogP contribution in [0.4, 0.5) is 5.69 Å². The maximum atomic E-state index is 12.5. The number of nitro groups is 1. The van der Waals surface area contributed by atoms with E-state index in [1.807, 2.05) is 19.1 Å². The van der Waals surface area contributed by atoms with Crippen LogP contribution in [0.3, 0.4) is 0 Å². The van der Waals surface area contributed by atoms with E-state index in [9.17, 15) is 14.9 Å². The second kappa shape index (κ2) is 7.88. The first kappa shape index (κ1) is 18.4. The molecule has 1 aliphatic heterocycles. The van der Waals surface area contributed by atoms with Crippen molar-refractivity contribution in [2.75, 3.05) is 19.6 Å². The molecule has 1 unspecified atom stereocenters. The molecule has 2 heterocycles. The number of hydrogen-bond donors (Lipinski definition) is 1. The number of halogens is 1. The van der Waals surface area contributed by atoms with Crippen LogP contribution < -0.4 is 5.32 Å². The first-order valence-corrected chi connectivity index (χ1v) is 8.86. The lowest BCUT2D eigenvalue weighted by Gasteiger charge is -2.26. The lowest BCUT2D eigenvalue weighted by molar-refractivity contribution is -0.384. The molecule has 1 amide bonds. The molecule has 0 spiro atoms. The molecule has 1 aliphatic rings. The summed E-state index contributed by atoms with van der Waals surface area (Å²) in [5.74, 6) is 1.18. The van der Waals surface area contributed by atoms with Gasteiger partial charge in [0.25, 0.3) is 11.6 Å². The number of benzene rings is 1. The SMILES string of the molecule is Cc1ccc(C(CNC(=O)c2cc([N+](=O)[O-])ccc2Cl)N2CCCC2)o1. The predicted molar refractivity (Wildman–Crippen MR) is 97.4 cm³/mol. The first-order valence-electron chi connectivity index (χ1n) is 8.48. The molecule has 1 fully saturated rings. The Hall–Kier alpha value is -2.38. The smallest absolute Gasteiger partial charge is 0.270 e. The summed E-state index contributed by atoms with van der Waals surface area (Å²) >= 11 is 6.05.